The van der Waals surface area contributed by atoms with E-state index < -0.39 is 10.0 Å². The SMILES string of the molecule is CS(=O)(=O)N1CCN(c2ccc(CN)nc2)CC1. The van der Waals surface area contributed by atoms with E-state index in [0.29, 0.717) is 32.7 Å². The summed E-state index contributed by atoms with van der Waals surface area (Å²) in [5, 5.41) is 0. The minimum absolute atomic E-state index is 0.433. The first-order valence-electron chi connectivity index (χ1n) is 5.86. The van der Waals surface area contributed by atoms with Crippen molar-refractivity contribution in [1.82, 2.24) is 9.29 Å². The quantitative estimate of drug-likeness (QED) is 0.810. The summed E-state index contributed by atoms with van der Waals surface area (Å²) in [6.07, 6.45) is 3.04. The molecule has 18 heavy (non-hydrogen) atoms. The molecule has 0 spiro atoms. The monoisotopic (exact) mass is 270 g/mol. The summed E-state index contributed by atoms with van der Waals surface area (Å²) >= 11 is 0. The minimum Gasteiger partial charge on any atom is -0.368 e. The van der Waals surface area contributed by atoms with Crippen LogP contribution in [0.4, 0.5) is 5.69 Å². The predicted molar refractivity (Wildman–Crippen MR) is 70.8 cm³/mol. The first kappa shape index (κ1) is 13.3. The van der Waals surface area contributed by atoms with E-state index in [9.17, 15) is 8.42 Å². The molecule has 0 aromatic carbocycles. The zero-order valence-corrected chi connectivity index (χ0v) is 11.2. The maximum atomic E-state index is 11.4. The van der Waals surface area contributed by atoms with E-state index in [1.165, 1.54) is 10.6 Å². The molecule has 6 nitrogen and oxygen atoms in total. The van der Waals surface area contributed by atoms with Gasteiger partial charge in [0.2, 0.25) is 10.0 Å². The maximum absolute atomic E-state index is 11.4. The summed E-state index contributed by atoms with van der Waals surface area (Å²) in [6, 6.07) is 3.88. The van der Waals surface area contributed by atoms with Crippen molar-refractivity contribution in [3.05, 3.63) is 24.0 Å². The molecule has 100 valence electrons. The van der Waals surface area contributed by atoms with E-state index in [2.05, 4.69) is 9.88 Å². The molecule has 1 aromatic heterocycles. The third kappa shape index (κ3) is 2.98. The largest absolute Gasteiger partial charge is 0.368 e. The molecule has 0 saturated carbocycles. The molecule has 0 atom stereocenters. The molecule has 0 amide bonds. The Hall–Kier alpha value is -1.18. The minimum atomic E-state index is -3.07. The Morgan fingerprint density at radius 3 is 2.39 bits per heavy atom. The smallest absolute Gasteiger partial charge is 0.211 e. The molecule has 7 heteroatoms. The summed E-state index contributed by atoms with van der Waals surface area (Å²) in [7, 11) is -3.07. The molecule has 0 bridgehead atoms. The number of hydrogen-bond acceptors (Lipinski definition) is 5. The van der Waals surface area contributed by atoms with E-state index in [-0.39, 0.29) is 0 Å². The number of nitrogens with zero attached hydrogens (tertiary/aromatic N) is 3. The lowest BCUT2D eigenvalue weighted by Crippen LogP contribution is -2.48. The predicted octanol–water partition coefficient (Wildman–Crippen LogP) is -0.378. The summed E-state index contributed by atoms with van der Waals surface area (Å²) < 4.78 is 24.3. The number of hydrogen-bond donors (Lipinski definition) is 1. The van der Waals surface area contributed by atoms with Gasteiger partial charge in [-0.3, -0.25) is 4.98 Å². The highest BCUT2D eigenvalue weighted by Gasteiger charge is 2.23. The van der Waals surface area contributed by atoms with Gasteiger partial charge in [-0.1, -0.05) is 0 Å². The first-order valence-corrected chi connectivity index (χ1v) is 7.70. The van der Waals surface area contributed by atoms with Gasteiger partial charge in [0.25, 0.3) is 0 Å². The van der Waals surface area contributed by atoms with Crippen LogP contribution in [-0.4, -0.2) is 50.1 Å². The normalized spacial score (nSPS) is 18.0. The highest BCUT2D eigenvalue weighted by molar-refractivity contribution is 7.88. The average Bonchev–Trinajstić information content (AvgIpc) is 2.38. The van der Waals surface area contributed by atoms with Crippen LogP contribution in [0.25, 0.3) is 0 Å². The van der Waals surface area contributed by atoms with E-state index in [0.717, 1.165) is 11.4 Å². The van der Waals surface area contributed by atoms with Gasteiger partial charge in [-0.15, -0.1) is 0 Å². The molecule has 1 aliphatic rings. The number of rotatable bonds is 3. The molecule has 2 heterocycles. The number of aromatic nitrogens is 1. The summed E-state index contributed by atoms with van der Waals surface area (Å²) in [5.74, 6) is 0. The lowest BCUT2D eigenvalue weighted by Gasteiger charge is -2.34. The van der Waals surface area contributed by atoms with E-state index in [4.69, 9.17) is 5.73 Å². The third-order valence-electron chi connectivity index (χ3n) is 3.09. The van der Waals surface area contributed by atoms with Gasteiger partial charge in [0.15, 0.2) is 0 Å². The highest BCUT2D eigenvalue weighted by Crippen LogP contribution is 2.16. The van der Waals surface area contributed by atoms with Gasteiger partial charge in [0.1, 0.15) is 0 Å². The van der Waals surface area contributed by atoms with Crippen LogP contribution >= 0.6 is 0 Å². The van der Waals surface area contributed by atoms with Crippen LogP contribution in [0.1, 0.15) is 5.69 Å². The lowest BCUT2D eigenvalue weighted by atomic mass is 10.3. The second kappa shape index (κ2) is 5.21. The number of piperazine rings is 1. The van der Waals surface area contributed by atoms with Gasteiger partial charge >= 0.3 is 0 Å². The highest BCUT2D eigenvalue weighted by atomic mass is 32.2. The zero-order chi connectivity index (χ0) is 13.2. The number of sulfonamides is 1. The molecule has 1 aliphatic heterocycles. The van der Waals surface area contributed by atoms with Crippen LogP contribution in [0.5, 0.6) is 0 Å². The van der Waals surface area contributed by atoms with Crippen LogP contribution in [0.15, 0.2) is 18.3 Å². The molecule has 2 N–H and O–H groups in total. The number of pyridine rings is 1. The molecule has 1 saturated heterocycles. The van der Waals surface area contributed by atoms with Crippen LogP contribution < -0.4 is 10.6 Å². The molecule has 0 unspecified atom stereocenters. The Morgan fingerprint density at radius 2 is 1.94 bits per heavy atom. The molecule has 1 fully saturated rings. The van der Waals surface area contributed by atoms with Crippen molar-refractivity contribution in [1.29, 1.82) is 0 Å². The Labute approximate surface area is 107 Å². The number of anilines is 1. The van der Waals surface area contributed by atoms with Crippen molar-refractivity contribution in [2.75, 3.05) is 37.3 Å². The molecule has 2 rings (SSSR count). The van der Waals surface area contributed by atoms with Crippen LogP contribution in [-0.2, 0) is 16.6 Å². The first-order chi connectivity index (χ1) is 8.50. The fraction of sp³-hybridized carbons (Fsp3) is 0.545. The average molecular weight is 270 g/mol. The van der Waals surface area contributed by atoms with Crippen molar-refractivity contribution >= 4 is 15.7 Å². The Bertz CT molecular complexity index is 492. The van der Waals surface area contributed by atoms with Gasteiger partial charge in [0.05, 0.1) is 23.8 Å². The Morgan fingerprint density at radius 1 is 1.28 bits per heavy atom. The van der Waals surface area contributed by atoms with Gasteiger partial charge in [-0.05, 0) is 12.1 Å². The van der Waals surface area contributed by atoms with Gasteiger partial charge in [-0.25, -0.2) is 8.42 Å². The standard InChI is InChI=1S/C11H18N4O2S/c1-18(16,17)15-6-4-14(5-7-15)11-3-2-10(8-12)13-9-11/h2-3,9H,4-8,12H2,1H3. The van der Waals surface area contributed by atoms with Crippen molar-refractivity contribution in [2.45, 2.75) is 6.54 Å². The van der Waals surface area contributed by atoms with Crippen LogP contribution in [0.2, 0.25) is 0 Å². The van der Waals surface area contributed by atoms with Gasteiger partial charge < -0.3 is 10.6 Å². The van der Waals surface area contributed by atoms with Gasteiger partial charge in [-0.2, -0.15) is 4.31 Å². The molecular formula is C11H18N4O2S. The third-order valence-corrected chi connectivity index (χ3v) is 4.39. The Kier molecular flexibility index (Phi) is 3.84. The van der Waals surface area contributed by atoms with E-state index in [1.807, 2.05) is 12.1 Å². The molecule has 0 radical (unpaired) electrons. The molecule has 0 aliphatic carbocycles. The fourth-order valence-electron chi connectivity index (χ4n) is 2.00. The van der Waals surface area contributed by atoms with Crippen molar-refractivity contribution in [3.8, 4) is 0 Å². The topological polar surface area (TPSA) is 79.5 Å². The molecular weight excluding hydrogens is 252 g/mol. The maximum Gasteiger partial charge on any atom is 0.211 e. The van der Waals surface area contributed by atoms with Gasteiger partial charge in [0, 0.05) is 32.7 Å². The Balaban J connectivity index is 2.01. The molecule has 1 aromatic rings. The van der Waals surface area contributed by atoms with E-state index in [1.54, 1.807) is 6.20 Å². The summed E-state index contributed by atoms with van der Waals surface area (Å²) in [5.41, 5.74) is 7.36. The van der Waals surface area contributed by atoms with Crippen molar-refractivity contribution in [2.24, 2.45) is 5.73 Å². The summed E-state index contributed by atoms with van der Waals surface area (Å²) in [6.45, 7) is 2.87. The number of nitrogens with two attached hydrogens (primary N) is 1. The van der Waals surface area contributed by atoms with Crippen molar-refractivity contribution < 1.29 is 8.42 Å². The second-order valence-corrected chi connectivity index (χ2v) is 6.34. The van der Waals surface area contributed by atoms with Crippen LogP contribution in [0, 0.1) is 0 Å². The van der Waals surface area contributed by atoms with Crippen LogP contribution in [0.3, 0.4) is 0 Å². The summed E-state index contributed by atoms with van der Waals surface area (Å²) in [4.78, 5) is 6.38. The second-order valence-electron chi connectivity index (χ2n) is 4.36. The van der Waals surface area contributed by atoms with Crippen molar-refractivity contribution in [3.63, 3.8) is 0 Å². The zero-order valence-electron chi connectivity index (χ0n) is 10.4. The van der Waals surface area contributed by atoms with E-state index >= 15 is 0 Å². The lowest BCUT2D eigenvalue weighted by molar-refractivity contribution is 0.388. The fourth-order valence-corrected chi connectivity index (χ4v) is 2.83.